The number of nitrogens with zero attached hydrogens (tertiary/aromatic N) is 1. The van der Waals surface area contributed by atoms with E-state index in [-0.39, 0.29) is 24.8 Å². The van der Waals surface area contributed by atoms with E-state index in [0.717, 1.165) is 19.5 Å². The van der Waals surface area contributed by atoms with Crippen molar-refractivity contribution in [3.05, 3.63) is 48.0 Å². The van der Waals surface area contributed by atoms with Gasteiger partial charge in [-0.2, -0.15) is 0 Å². The van der Waals surface area contributed by atoms with Crippen molar-refractivity contribution < 1.29 is 24.2 Å². The number of aliphatic hydroxyl groups is 1. The van der Waals surface area contributed by atoms with Gasteiger partial charge in [0.15, 0.2) is 0 Å². The molecule has 0 bridgehead atoms. The average Bonchev–Trinajstić information content (AvgIpc) is 2.76. The zero-order valence-electron chi connectivity index (χ0n) is 17.2. The molecular formula is C22H31N3O5. The molecule has 0 saturated carbocycles. The van der Waals surface area contributed by atoms with Crippen LogP contribution in [0.25, 0.3) is 0 Å². The molecule has 2 aliphatic heterocycles. The molecule has 164 valence electrons. The summed E-state index contributed by atoms with van der Waals surface area (Å²) in [6.45, 7) is 3.34. The molecule has 2 amide bonds. The third-order valence-electron chi connectivity index (χ3n) is 5.23. The summed E-state index contributed by atoms with van der Waals surface area (Å²) < 4.78 is 11.1. The minimum Gasteiger partial charge on any atom is -0.394 e. The largest absolute Gasteiger partial charge is 0.394 e. The van der Waals surface area contributed by atoms with E-state index < -0.39 is 18.2 Å². The number of rotatable bonds is 9. The fraction of sp³-hybridized carbons (Fsp3) is 0.545. The highest BCUT2D eigenvalue weighted by Gasteiger charge is 2.29. The van der Waals surface area contributed by atoms with E-state index in [1.54, 1.807) is 6.08 Å². The molecule has 1 aromatic rings. The van der Waals surface area contributed by atoms with Gasteiger partial charge >= 0.3 is 0 Å². The summed E-state index contributed by atoms with van der Waals surface area (Å²) >= 11 is 0. The van der Waals surface area contributed by atoms with Crippen molar-refractivity contribution in [3.8, 4) is 0 Å². The number of aliphatic hydroxyl groups excluding tert-OH is 1. The third-order valence-corrected chi connectivity index (χ3v) is 5.23. The standard InChI is InChI=1S/C22H31N3O5/c26-16-20-19(24-22(28)15-25-10-12-29-13-11-25)7-6-18(30-20)14-21(27)23-9-8-17-4-2-1-3-5-17/h1-7,18-20,26H,8-16H2,(H,23,27)(H,24,28)/t18-,19+,20+/m1/s1. The number of carbonyl (C=O) groups is 2. The molecule has 1 aromatic carbocycles. The number of nitrogens with one attached hydrogen (secondary N) is 2. The molecule has 0 aromatic heterocycles. The second-order valence-corrected chi connectivity index (χ2v) is 7.55. The van der Waals surface area contributed by atoms with Crippen LogP contribution in [0.5, 0.6) is 0 Å². The monoisotopic (exact) mass is 417 g/mol. The zero-order valence-corrected chi connectivity index (χ0v) is 17.2. The molecule has 0 radical (unpaired) electrons. The Hall–Kier alpha value is -2.26. The van der Waals surface area contributed by atoms with E-state index in [1.807, 2.05) is 41.3 Å². The van der Waals surface area contributed by atoms with Gasteiger partial charge in [0.2, 0.25) is 11.8 Å². The minimum atomic E-state index is -0.578. The Labute approximate surface area is 177 Å². The molecule has 1 saturated heterocycles. The van der Waals surface area contributed by atoms with E-state index in [2.05, 4.69) is 10.6 Å². The fourth-order valence-corrected chi connectivity index (χ4v) is 3.58. The van der Waals surface area contributed by atoms with Crippen LogP contribution in [0.1, 0.15) is 12.0 Å². The second kappa shape index (κ2) is 11.8. The van der Waals surface area contributed by atoms with E-state index >= 15 is 0 Å². The summed E-state index contributed by atoms with van der Waals surface area (Å²) in [5.74, 6) is -0.224. The van der Waals surface area contributed by atoms with Crippen molar-refractivity contribution in [2.24, 2.45) is 0 Å². The van der Waals surface area contributed by atoms with Crippen LogP contribution < -0.4 is 10.6 Å². The number of ether oxygens (including phenoxy) is 2. The van der Waals surface area contributed by atoms with E-state index in [9.17, 15) is 14.7 Å². The first-order valence-corrected chi connectivity index (χ1v) is 10.5. The van der Waals surface area contributed by atoms with Crippen molar-refractivity contribution in [1.82, 2.24) is 15.5 Å². The number of amides is 2. The molecule has 8 nitrogen and oxygen atoms in total. The lowest BCUT2D eigenvalue weighted by atomic mass is 10.0. The smallest absolute Gasteiger partial charge is 0.234 e. The van der Waals surface area contributed by atoms with Crippen LogP contribution in [-0.4, -0.2) is 86.1 Å². The van der Waals surface area contributed by atoms with Crippen LogP contribution >= 0.6 is 0 Å². The summed E-state index contributed by atoms with van der Waals surface area (Å²) in [4.78, 5) is 26.5. The Morgan fingerprint density at radius 2 is 1.87 bits per heavy atom. The first kappa shape index (κ1) is 22.4. The SMILES string of the molecule is O=C(C[C@H]1C=C[C@H](NC(=O)CN2CCOCC2)[C@H](CO)O1)NCCc1ccccc1. The molecule has 3 N–H and O–H groups in total. The maximum atomic E-state index is 12.3. The first-order chi connectivity index (χ1) is 14.6. The molecule has 0 aliphatic carbocycles. The molecule has 1 fully saturated rings. The fourth-order valence-electron chi connectivity index (χ4n) is 3.58. The molecule has 2 heterocycles. The van der Waals surface area contributed by atoms with E-state index in [0.29, 0.717) is 26.3 Å². The van der Waals surface area contributed by atoms with Gasteiger partial charge in [0.25, 0.3) is 0 Å². The molecule has 3 atom stereocenters. The Morgan fingerprint density at radius 3 is 2.60 bits per heavy atom. The third kappa shape index (κ3) is 7.21. The normalized spacial score (nSPS) is 24.4. The van der Waals surface area contributed by atoms with Crippen LogP contribution in [0.2, 0.25) is 0 Å². The van der Waals surface area contributed by atoms with Gasteiger partial charge in [0.05, 0.1) is 44.9 Å². The molecule has 0 unspecified atom stereocenters. The zero-order chi connectivity index (χ0) is 21.2. The quantitative estimate of drug-likeness (QED) is 0.484. The van der Waals surface area contributed by atoms with E-state index in [1.165, 1.54) is 5.56 Å². The Bertz CT molecular complexity index is 706. The molecule has 30 heavy (non-hydrogen) atoms. The van der Waals surface area contributed by atoms with Crippen molar-refractivity contribution in [2.75, 3.05) is 46.0 Å². The van der Waals surface area contributed by atoms with Gasteiger partial charge < -0.3 is 25.2 Å². The summed E-state index contributed by atoms with van der Waals surface area (Å²) in [5.41, 5.74) is 1.17. The molecule has 2 aliphatic rings. The molecule has 8 heteroatoms. The van der Waals surface area contributed by atoms with Crippen LogP contribution in [0.3, 0.4) is 0 Å². The van der Waals surface area contributed by atoms with Gasteiger partial charge in [-0.15, -0.1) is 0 Å². The number of hydrogen-bond acceptors (Lipinski definition) is 6. The van der Waals surface area contributed by atoms with Gasteiger partial charge in [-0.05, 0) is 12.0 Å². The highest BCUT2D eigenvalue weighted by molar-refractivity contribution is 5.79. The Balaban J connectivity index is 1.41. The summed E-state index contributed by atoms with van der Waals surface area (Å²) in [6.07, 6.45) is 3.53. The van der Waals surface area contributed by atoms with Gasteiger partial charge in [-0.1, -0.05) is 42.5 Å². The topological polar surface area (TPSA) is 100 Å². The number of benzene rings is 1. The molecule has 3 rings (SSSR count). The maximum Gasteiger partial charge on any atom is 0.234 e. The highest BCUT2D eigenvalue weighted by atomic mass is 16.5. The Morgan fingerprint density at radius 1 is 1.10 bits per heavy atom. The molecule has 0 spiro atoms. The number of morpholine rings is 1. The number of carbonyl (C=O) groups excluding carboxylic acids is 2. The van der Waals surface area contributed by atoms with Crippen LogP contribution in [0.4, 0.5) is 0 Å². The van der Waals surface area contributed by atoms with Crippen LogP contribution in [0.15, 0.2) is 42.5 Å². The van der Waals surface area contributed by atoms with Crippen molar-refractivity contribution in [2.45, 2.75) is 31.1 Å². The first-order valence-electron chi connectivity index (χ1n) is 10.5. The predicted molar refractivity (Wildman–Crippen MR) is 112 cm³/mol. The van der Waals surface area contributed by atoms with Crippen molar-refractivity contribution in [3.63, 3.8) is 0 Å². The van der Waals surface area contributed by atoms with Crippen LogP contribution in [-0.2, 0) is 25.5 Å². The maximum absolute atomic E-state index is 12.3. The van der Waals surface area contributed by atoms with Gasteiger partial charge in [-0.3, -0.25) is 14.5 Å². The summed E-state index contributed by atoms with van der Waals surface area (Å²) in [7, 11) is 0. The molecular weight excluding hydrogens is 386 g/mol. The minimum absolute atomic E-state index is 0.105. The highest BCUT2D eigenvalue weighted by Crippen LogP contribution is 2.16. The van der Waals surface area contributed by atoms with Crippen molar-refractivity contribution >= 4 is 11.8 Å². The van der Waals surface area contributed by atoms with Crippen molar-refractivity contribution in [1.29, 1.82) is 0 Å². The summed E-state index contributed by atoms with van der Waals surface area (Å²) in [5, 5.41) is 15.5. The predicted octanol–water partition coefficient (Wildman–Crippen LogP) is -0.132. The lowest BCUT2D eigenvalue weighted by molar-refractivity contribution is -0.129. The number of hydrogen-bond donors (Lipinski definition) is 3. The van der Waals surface area contributed by atoms with Gasteiger partial charge in [0.1, 0.15) is 6.10 Å². The lowest BCUT2D eigenvalue weighted by Gasteiger charge is -2.32. The van der Waals surface area contributed by atoms with E-state index in [4.69, 9.17) is 9.47 Å². The lowest BCUT2D eigenvalue weighted by Crippen LogP contribution is -2.52. The van der Waals surface area contributed by atoms with Gasteiger partial charge in [0, 0.05) is 19.6 Å². The Kier molecular flexibility index (Phi) is 8.82. The summed E-state index contributed by atoms with van der Waals surface area (Å²) in [6, 6.07) is 9.55. The average molecular weight is 418 g/mol. The van der Waals surface area contributed by atoms with Gasteiger partial charge in [-0.25, -0.2) is 0 Å². The second-order valence-electron chi connectivity index (χ2n) is 7.55. The van der Waals surface area contributed by atoms with Crippen LogP contribution in [0, 0.1) is 0 Å².